The van der Waals surface area contributed by atoms with Crippen molar-refractivity contribution in [2.75, 3.05) is 12.8 Å². The van der Waals surface area contributed by atoms with E-state index in [9.17, 15) is 13.2 Å². The average molecular weight is 321 g/mol. The van der Waals surface area contributed by atoms with E-state index in [0.717, 1.165) is 5.56 Å². The van der Waals surface area contributed by atoms with Gasteiger partial charge in [-0.3, -0.25) is 4.79 Å². The van der Waals surface area contributed by atoms with Crippen molar-refractivity contribution in [3.05, 3.63) is 54.0 Å². The predicted octanol–water partition coefficient (Wildman–Crippen LogP) is 2.41. The van der Waals surface area contributed by atoms with Gasteiger partial charge in [0.05, 0.1) is 23.5 Å². The molecule has 0 spiro atoms. The zero-order chi connectivity index (χ0) is 16.2. The number of aryl methyl sites for hydroxylation is 1. The lowest BCUT2D eigenvalue weighted by Crippen LogP contribution is -2.27. The van der Waals surface area contributed by atoms with E-state index in [-0.39, 0.29) is 23.0 Å². The fraction of sp³-hybridized carbons (Fsp3) is 0.312. The van der Waals surface area contributed by atoms with Gasteiger partial charge < -0.3 is 9.32 Å². The summed E-state index contributed by atoms with van der Waals surface area (Å²) < 4.78 is 29.6. The first-order valence-electron chi connectivity index (χ1n) is 6.94. The SMILES string of the molecule is Cc1ccc(S(=O)(=O)CCC(=O)N(C)Cc2ccco2)cc1. The molecule has 0 saturated heterocycles. The maximum atomic E-state index is 12.2. The summed E-state index contributed by atoms with van der Waals surface area (Å²) in [5, 5.41) is 0. The van der Waals surface area contributed by atoms with Crippen LogP contribution in [0.2, 0.25) is 0 Å². The quantitative estimate of drug-likeness (QED) is 0.819. The summed E-state index contributed by atoms with van der Waals surface area (Å²) in [5.41, 5.74) is 0.994. The monoisotopic (exact) mass is 321 g/mol. The number of benzene rings is 1. The summed E-state index contributed by atoms with van der Waals surface area (Å²) in [4.78, 5) is 13.7. The minimum absolute atomic E-state index is 0.0482. The minimum atomic E-state index is -3.44. The van der Waals surface area contributed by atoms with Gasteiger partial charge in [-0.05, 0) is 31.2 Å². The standard InChI is InChI=1S/C16H19NO4S/c1-13-5-7-15(8-6-13)22(19,20)11-9-16(18)17(2)12-14-4-3-10-21-14/h3-8,10H,9,11-12H2,1-2H3. The second kappa shape index (κ2) is 6.79. The highest BCUT2D eigenvalue weighted by molar-refractivity contribution is 7.91. The van der Waals surface area contributed by atoms with Crippen LogP contribution in [0.1, 0.15) is 17.7 Å². The average Bonchev–Trinajstić information content (AvgIpc) is 2.98. The zero-order valence-electron chi connectivity index (χ0n) is 12.7. The Morgan fingerprint density at radius 3 is 2.45 bits per heavy atom. The van der Waals surface area contributed by atoms with Crippen molar-refractivity contribution in [3.8, 4) is 0 Å². The van der Waals surface area contributed by atoms with Gasteiger partial charge in [0.25, 0.3) is 0 Å². The predicted molar refractivity (Wildman–Crippen MR) is 83.0 cm³/mol. The summed E-state index contributed by atoms with van der Waals surface area (Å²) in [7, 11) is -1.81. The first-order valence-corrected chi connectivity index (χ1v) is 8.59. The smallest absolute Gasteiger partial charge is 0.223 e. The first kappa shape index (κ1) is 16.3. The van der Waals surface area contributed by atoms with E-state index in [2.05, 4.69) is 0 Å². The van der Waals surface area contributed by atoms with E-state index in [1.807, 2.05) is 6.92 Å². The van der Waals surface area contributed by atoms with Gasteiger partial charge in [-0.2, -0.15) is 0 Å². The Labute approximate surface area is 130 Å². The molecular formula is C16H19NO4S. The molecule has 1 aromatic heterocycles. The Bertz CT molecular complexity index is 718. The lowest BCUT2D eigenvalue weighted by molar-refractivity contribution is -0.130. The Morgan fingerprint density at radius 1 is 1.18 bits per heavy atom. The Morgan fingerprint density at radius 2 is 1.86 bits per heavy atom. The molecule has 1 amide bonds. The van der Waals surface area contributed by atoms with Crippen LogP contribution in [0.15, 0.2) is 52.0 Å². The molecule has 2 rings (SSSR count). The molecule has 0 aliphatic carbocycles. The molecule has 0 aliphatic rings. The van der Waals surface area contributed by atoms with Crippen molar-refractivity contribution in [1.82, 2.24) is 4.90 Å². The van der Waals surface area contributed by atoms with Crippen LogP contribution in [0.3, 0.4) is 0 Å². The molecule has 118 valence electrons. The number of carbonyl (C=O) groups excluding carboxylic acids is 1. The summed E-state index contributed by atoms with van der Waals surface area (Å²) in [6.07, 6.45) is 1.49. The highest BCUT2D eigenvalue weighted by Crippen LogP contribution is 2.14. The number of amides is 1. The van der Waals surface area contributed by atoms with Crippen LogP contribution in [-0.4, -0.2) is 32.0 Å². The zero-order valence-corrected chi connectivity index (χ0v) is 13.5. The second-order valence-electron chi connectivity index (χ2n) is 5.21. The van der Waals surface area contributed by atoms with E-state index < -0.39 is 9.84 Å². The second-order valence-corrected chi connectivity index (χ2v) is 7.32. The van der Waals surface area contributed by atoms with Crippen molar-refractivity contribution in [2.45, 2.75) is 24.8 Å². The van der Waals surface area contributed by atoms with E-state index in [0.29, 0.717) is 12.3 Å². The first-order chi connectivity index (χ1) is 10.4. The van der Waals surface area contributed by atoms with Gasteiger partial charge in [0.1, 0.15) is 5.76 Å². The van der Waals surface area contributed by atoms with Crippen LogP contribution in [0.4, 0.5) is 0 Å². The number of sulfone groups is 1. The molecule has 0 aliphatic heterocycles. The fourth-order valence-corrected chi connectivity index (χ4v) is 3.23. The molecule has 0 bridgehead atoms. The number of hydrogen-bond donors (Lipinski definition) is 0. The molecule has 0 N–H and O–H groups in total. The number of hydrogen-bond acceptors (Lipinski definition) is 4. The van der Waals surface area contributed by atoms with Crippen molar-refractivity contribution < 1.29 is 17.6 Å². The molecule has 0 fully saturated rings. The van der Waals surface area contributed by atoms with Gasteiger partial charge >= 0.3 is 0 Å². The lowest BCUT2D eigenvalue weighted by atomic mass is 10.2. The third kappa shape index (κ3) is 4.21. The molecule has 5 nitrogen and oxygen atoms in total. The van der Waals surface area contributed by atoms with E-state index in [4.69, 9.17) is 4.42 Å². The molecule has 22 heavy (non-hydrogen) atoms. The van der Waals surface area contributed by atoms with Crippen LogP contribution in [-0.2, 0) is 21.2 Å². The van der Waals surface area contributed by atoms with E-state index in [1.54, 1.807) is 43.4 Å². The van der Waals surface area contributed by atoms with Crippen molar-refractivity contribution in [3.63, 3.8) is 0 Å². The van der Waals surface area contributed by atoms with Gasteiger partial charge in [-0.15, -0.1) is 0 Å². The number of furan rings is 1. The maximum absolute atomic E-state index is 12.2. The summed E-state index contributed by atoms with van der Waals surface area (Å²) in [5.74, 6) is 0.238. The molecule has 0 radical (unpaired) electrons. The van der Waals surface area contributed by atoms with Crippen molar-refractivity contribution >= 4 is 15.7 Å². The van der Waals surface area contributed by atoms with Gasteiger partial charge in [-0.1, -0.05) is 17.7 Å². The van der Waals surface area contributed by atoms with Crippen LogP contribution in [0.25, 0.3) is 0 Å². The van der Waals surface area contributed by atoms with Gasteiger partial charge in [0, 0.05) is 13.5 Å². The van der Waals surface area contributed by atoms with Gasteiger partial charge in [0.15, 0.2) is 9.84 Å². The molecule has 0 saturated carbocycles. The molecule has 6 heteroatoms. The van der Waals surface area contributed by atoms with E-state index in [1.165, 1.54) is 11.2 Å². The summed E-state index contributed by atoms with van der Waals surface area (Å²) in [6, 6.07) is 10.2. The lowest BCUT2D eigenvalue weighted by Gasteiger charge is -2.15. The molecule has 1 heterocycles. The fourth-order valence-electron chi connectivity index (χ4n) is 2.00. The number of nitrogens with zero attached hydrogens (tertiary/aromatic N) is 1. The van der Waals surface area contributed by atoms with Crippen LogP contribution < -0.4 is 0 Å². The normalized spacial score (nSPS) is 11.4. The van der Waals surface area contributed by atoms with Crippen molar-refractivity contribution in [2.24, 2.45) is 0 Å². The topological polar surface area (TPSA) is 67.6 Å². The van der Waals surface area contributed by atoms with Crippen LogP contribution >= 0.6 is 0 Å². The summed E-state index contributed by atoms with van der Waals surface area (Å²) in [6.45, 7) is 2.22. The Kier molecular flexibility index (Phi) is 5.03. The maximum Gasteiger partial charge on any atom is 0.223 e. The minimum Gasteiger partial charge on any atom is -0.467 e. The van der Waals surface area contributed by atoms with Crippen molar-refractivity contribution in [1.29, 1.82) is 0 Å². The third-order valence-corrected chi connectivity index (χ3v) is 5.10. The van der Waals surface area contributed by atoms with Crippen LogP contribution in [0, 0.1) is 6.92 Å². The Balaban J connectivity index is 1.93. The highest BCUT2D eigenvalue weighted by atomic mass is 32.2. The molecule has 2 aromatic rings. The molecule has 0 atom stereocenters. The van der Waals surface area contributed by atoms with Gasteiger partial charge in [0.2, 0.25) is 5.91 Å². The van der Waals surface area contributed by atoms with Crippen LogP contribution in [0.5, 0.6) is 0 Å². The number of carbonyl (C=O) groups is 1. The van der Waals surface area contributed by atoms with Gasteiger partial charge in [-0.25, -0.2) is 8.42 Å². The Hall–Kier alpha value is -2.08. The highest BCUT2D eigenvalue weighted by Gasteiger charge is 2.18. The largest absolute Gasteiger partial charge is 0.467 e. The molecule has 1 aromatic carbocycles. The molecular weight excluding hydrogens is 302 g/mol. The van der Waals surface area contributed by atoms with E-state index >= 15 is 0 Å². The third-order valence-electron chi connectivity index (χ3n) is 3.36. The molecule has 0 unspecified atom stereocenters. The summed E-state index contributed by atoms with van der Waals surface area (Å²) >= 11 is 0. The number of rotatable bonds is 6.